The van der Waals surface area contributed by atoms with E-state index in [1.54, 1.807) is 0 Å². The average Bonchev–Trinajstić information content (AvgIpc) is 2.35. The SMILES string of the molecule is CC.CC.Cc1ncc2cc(S)ccc2n1. The van der Waals surface area contributed by atoms with Gasteiger partial charge in [-0.15, -0.1) is 12.6 Å². The molecule has 0 N–H and O–H groups in total. The van der Waals surface area contributed by atoms with Crippen molar-refractivity contribution in [2.24, 2.45) is 0 Å². The highest BCUT2D eigenvalue weighted by atomic mass is 32.1. The molecule has 0 aliphatic carbocycles. The van der Waals surface area contributed by atoms with Crippen LogP contribution in [0.3, 0.4) is 0 Å². The van der Waals surface area contributed by atoms with Gasteiger partial charge in [0.05, 0.1) is 5.52 Å². The molecule has 0 amide bonds. The van der Waals surface area contributed by atoms with E-state index >= 15 is 0 Å². The molecule has 88 valence electrons. The van der Waals surface area contributed by atoms with Crippen LogP contribution < -0.4 is 0 Å². The minimum absolute atomic E-state index is 0.800. The Morgan fingerprint density at radius 2 is 1.69 bits per heavy atom. The molecule has 1 aromatic heterocycles. The lowest BCUT2D eigenvalue weighted by molar-refractivity contribution is 1.09. The molecule has 1 aromatic carbocycles. The molecule has 0 saturated heterocycles. The zero-order valence-electron chi connectivity index (χ0n) is 10.7. The molecular weight excluding hydrogens is 216 g/mol. The van der Waals surface area contributed by atoms with Gasteiger partial charge in [0.25, 0.3) is 0 Å². The minimum atomic E-state index is 0.800. The van der Waals surface area contributed by atoms with Crippen molar-refractivity contribution in [3.63, 3.8) is 0 Å². The summed E-state index contributed by atoms with van der Waals surface area (Å²) in [5.41, 5.74) is 0.973. The molecule has 0 aliphatic rings. The molecule has 0 bridgehead atoms. The monoisotopic (exact) mass is 236 g/mol. The number of rotatable bonds is 0. The summed E-state index contributed by atoms with van der Waals surface area (Å²) in [7, 11) is 0. The Balaban J connectivity index is 0.000000509. The standard InChI is InChI=1S/C9H8N2S.2C2H6/c1-6-10-5-7-4-8(12)2-3-9(7)11-6;2*1-2/h2-5,12H,1H3;2*1-2H3. The van der Waals surface area contributed by atoms with E-state index < -0.39 is 0 Å². The first-order valence-corrected chi connectivity index (χ1v) is 6.13. The molecule has 0 spiro atoms. The van der Waals surface area contributed by atoms with Gasteiger partial charge in [0.2, 0.25) is 0 Å². The third-order valence-electron chi connectivity index (χ3n) is 1.68. The maximum absolute atomic E-state index is 4.27. The Labute approximate surface area is 104 Å². The molecule has 0 atom stereocenters. The molecule has 16 heavy (non-hydrogen) atoms. The van der Waals surface area contributed by atoms with Crippen LogP contribution in [0.5, 0.6) is 0 Å². The Morgan fingerprint density at radius 1 is 1.06 bits per heavy atom. The first kappa shape index (κ1) is 14.9. The van der Waals surface area contributed by atoms with Crippen molar-refractivity contribution in [2.75, 3.05) is 0 Å². The first-order chi connectivity index (χ1) is 7.75. The van der Waals surface area contributed by atoms with Gasteiger partial charge < -0.3 is 0 Å². The van der Waals surface area contributed by atoms with Crippen LogP contribution in [0.1, 0.15) is 33.5 Å². The van der Waals surface area contributed by atoms with E-state index in [0.717, 1.165) is 21.6 Å². The topological polar surface area (TPSA) is 25.8 Å². The van der Waals surface area contributed by atoms with Gasteiger partial charge >= 0.3 is 0 Å². The number of benzene rings is 1. The zero-order chi connectivity index (χ0) is 12.6. The number of hydrogen-bond acceptors (Lipinski definition) is 3. The largest absolute Gasteiger partial charge is 0.241 e. The smallest absolute Gasteiger partial charge is 0.125 e. The quantitative estimate of drug-likeness (QED) is 0.691. The van der Waals surface area contributed by atoms with Crippen LogP contribution in [-0.4, -0.2) is 9.97 Å². The molecule has 1 heterocycles. The summed E-state index contributed by atoms with van der Waals surface area (Å²) in [6.07, 6.45) is 1.82. The van der Waals surface area contributed by atoms with Crippen LogP contribution in [0.4, 0.5) is 0 Å². The van der Waals surface area contributed by atoms with Crippen molar-refractivity contribution in [2.45, 2.75) is 39.5 Å². The Bertz CT molecular complexity index is 386. The number of nitrogens with zero attached hydrogens (tertiary/aromatic N) is 2. The maximum Gasteiger partial charge on any atom is 0.125 e. The number of aromatic nitrogens is 2. The average molecular weight is 236 g/mol. The molecule has 0 aliphatic heterocycles. The van der Waals surface area contributed by atoms with Gasteiger partial charge in [-0.2, -0.15) is 0 Å². The van der Waals surface area contributed by atoms with Crippen molar-refractivity contribution in [1.29, 1.82) is 0 Å². The van der Waals surface area contributed by atoms with E-state index in [1.807, 2.05) is 59.0 Å². The van der Waals surface area contributed by atoms with E-state index in [-0.39, 0.29) is 0 Å². The van der Waals surface area contributed by atoms with Crippen LogP contribution in [0, 0.1) is 6.92 Å². The molecule has 0 fully saturated rings. The van der Waals surface area contributed by atoms with E-state index in [2.05, 4.69) is 22.6 Å². The summed E-state index contributed by atoms with van der Waals surface area (Å²) >= 11 is 4.23. The van der Waals surface area contributed by atoms with Crippen LogP contribution in [0.25, 0.3) is 10.9 Å². The Morgan fingerprint density at radius 3 is 2.31 bits per heavy atom. The lowest BCUT2D eigenvalue weighted by Crippen LogP contribution is -1.86. The third kappa shape index (κ3) is 4.19. The van der Waals surface area contributed by atoms with Gasteiger partial charge in [0, 0.05) is 16.5 Å². The van der Waals surface area contributed by atoms with Gasteiger partial charge in [-0.05, 0) is 25.1 Å². The molecule has 2 rings (SSSR count). The summed E-state index contributed by atoms with van der Waals surface area (Å²) < 4.78 is 0. The molecule has 0 saturated carbocycles. The Kier molecular flexibility index (Phi) is 7.56. The highest BCUT2D eigenvalue weighted by Crippen LogP contribution is 2.15. The lowest BCUT2D eigenvalue weighted by atomic mass is 10.2. The molecule has 0 radical (unpaired) electrons. The molecule has 3 heteroatoms. The highest BCUT2D eigenvalue weighted by molar-refractivity contribution is 7.80. The van der Waals surface area contributed by atoms with Crippen LogP contribution in [0.15, 0.2) is 29.3 Å². The number of aryl methyl sites for hydroxylation is 1. The summed E-state index contributed by atoms with van der Waals surface area (Å²) in [5, 5.41) is 1.04. The fourth-order valence-electron chi connectivity index (χ4n) is 1.11. The summed E-state index contributed by atoms with van der Waals surface area (Å²) in [4.78, 5) is 9.31. The van der Waals surface area contributed by atoms with Crippen molar-refractivity contribution >= 4 is 23.5 Å². The summed E-state index contributed by atoms with van der Waals surface area (Å²) in [6.45, 7) is 9.88. The van der Waals surface area contributed by atoms with Crippen molar-refractivity contribution in [1.82, 2.24) is 9.97 Å². The fraction of sp³-hybridized carbons (Fsp3) is 0.385. The van der Waals surface area contributed by atoms with E-state index in [0.29, 0.717) is 0 Å². The van der Waals surface area contributed by atoms with E-state index in [1.165, 1.54) is 0 Å². The number of hydrogen-bond donors (Lipinski definition) is 1. The first-order valence-electron chi connectivity index (χ1n) is 5.68. The normalized spacial score (nSPS) is 8.62. The van der Waals surface area contributed by atoms with Crippen LogP contribution >= 0.6 is 12.6 Å². The molecule has 2 aromatic rings. The number of fused-ring (bicyclic) bond motifs is 1. The third-order valence-corrected chi connectivity index (χ3v) is 1.96. The highest BCUT2D eigenvalue weighted by Gasteiger charge is 1.95. The van der Waals surface area contributed by atoms with Crippen molar-refractivity contribution in [3.8, 4) is 0 Å². The fourth-order valence-corrected chi connectivity index (χ4v) is 1.33. The van der Waals surface area contributed by atoms with Crippen molar-refractivity contribution in [3.05, 3.63) is 30.2 Å². The van der Waals surface area contributed by atoms with Gasteiger partial charge in [0.1, 0.15) is 5.82 Å². The molecule has 2 nitrogen and oxygen atoms in total. The van der Waals surface area contributed by atoms with Gasteiger partial charge in [-0.25, -0.2) is 9.97 Å². The van der Waals surface area contributed by atoms with Crippen LogP contribution in [0.2, 0.25) is 0 Å². The zero-order valence-corrected chi connectivity index (χ0v) is 11.5. The lowest BCUT2D eigenvalue weighted by Gasteiger charge is -1.97. The Hall–Kier alpha value is -1.09. The van der Waals surface area contributed by atoms with Gasteiger partial charge in [-0.1, -0.05) is 27.7 Å². The molecular formula is C13H20N2S. The predicted molar refractivity (Wildman–Crippen MR) is 74.2 cm³/mol. The van der Waals surface area contributed by atoms with Gasteiger partial charge in [0.15, 0.2) is 0 Å². The minimum Gasteiger partial charge on any atom is -0.241 e. The summed E-state index contributed by atoms with van der Waals surface area (Å²) in [6, 6.07) is 5.84. The van der Waals surface area contributed by atoms with E-state index in [4.69, 9.17) is 0 Å². The van der Waals surface area contributed by atoms with Crippen molar-refractivity contribution < 1.29 is 0 Å². The predicted octanol–water partition coefficient (Wildman–Crippen LogP) is 4.28. The summed E-state index contributed by atoms with van der Waals surface area (Å²) in [5.74, 6) is 0.800. The van der Waals surface area contributed by atoms with Gasteiger partial charge in [-0.3, -0.25) is 0 Å². The number of thiol groups is 1. The molecule has 0 unspecified atom stereocenters. The van der Waals surface area contributed by atoms with E-state index in [9.17, 15) is 0 Å². The second-order valence-corrected chi connectivity index (χ2v) is 3.18. The second-order valence-electron chi connectivity index (χ2n) is 2.66. The second kappa shape index (κ2) is 8.11. The van der Waals surface area contributed by atoms with Crippen LogP contribution in [-0.2, 0) is 0 Å². The maximum atomic E-state index is 4.27.